The van der Waals surface area contributed by atoms with Gasteiger partial charge in [0.1, 0.15) is 5.76 Å². The number of benzene rings is 1. The van der Waals surface area contributed by atoms with Gasteiger partial charge in [-0.2, -0.15) is 0 Å². The van der Waals surface area contributed by atoms with E-state index in [0.29, 0.717) is 11.7 Å². The molecule has 0 spiro atoms. The van der Waals surface area contributed by atoms with Gasteiger partial charge in [0.2, 0.25) is 5.76 Å². The molecule has 0 radical (unpaired) electrons. The molecule has 0 amide bonds. The Morgan fingerprint density at radius 3 is 2.24 bits per heavy atom. The van der Waals surface area contributed by atoms with Crippen molar-refractivity contribution in [2.24, 2.45) is 0 Å². The van der Waals surface area contributed by atoms with Crippen LogP contribution in [0.4, 0.5) is 0 Å². The third kappa shape index (κ3) is 3.34. The first-order chi connectivity index (χ1) is 10.1. The smallest absolute Gasteiger partial charge is 0.373 e. The maximum absolute atomic E-state index is 11.5. The van der Waals surface area contributed by atoms with Gasteiger partial charge >= 0.3 is 5.97 Å². The molecule has 1 unspecified atom stereocenters. The molecule has 1 atom stereocenters. The Bertz CT molecular complexity index is 599. The van der Waals surface area contributed by atoms with Crippen molar-refractivity contribution < 1.29 is 13.9 Å². The summed E-state index contributed by atoms with van der Waals surface area (Å²) >= 11 is 0. The molecule has 2 aromatic rings. The number of hydrogen-bond acceptors (Lipinski definition) is 4. The molecule has 0 bridgehead atoms. The number of nitrogens with one attached hydrogen (secondary N) is 1. The molecule has 0 fully saturated rings. The van der Waals surface area contributed by atoms with Crippen LogP contribution in [0.2, 0.25) is 0 Å². The molecular formula is C17H21NO3. The molecule has 2 rings (SSSR count). The van der Waals surface area contributed by atoms with Gasteiger partial charge in [-0.15, -0.1) is 0 Å². The van der Waals surface area contributed by atoms with Crippen molar-refractivity contribution in [3.05, 3.63) is 59.0 Å². The van der Waals surface area contributed by atoms with E-state index in [1.807, 2.05) is 7.05 Å². The Labute approximate surface area is 125 Å². The summed E-state index contributed by atoms with van der Waals surface area (Å²) in [6.45, 7) is 4.33. The molecule has 0 aliphatic heterocycles. The minimum absolute atomic E-state index is 0.0929. The monoisotopic (exact) mass is 287 g/mol. The molecule has 0 saturated carbocycles. The zero-order chi connectivity index (χ0) is 15.4. The first kappa shape index (κ1) is 15.3. The molecule has 0 saturated heterocycles. The Balaban J connectivity index is 2.26. The molecule has 21 heavy (non-hydrogen) atoms. The number of furan rings is 1. The lowest BCUT2D eigenvalue weighted by Crippen LogP contribution is -2.17. The van der Waals surface area contributed by atoms with Crippen molar-refractivity contribution in [2.75, 3.05) is 14.2 Å². The summed E-state index contributed by atoms with van der Waals surface area (Å²) in [4.78, 5) is 11.5. The van der Waals surface area contributed by atoms with E-state index in [0.717, 1.165) is 5.56 Å². The van der Waals surface area contributed by atoms with Crippen LogP contribution in [0.1, 0.15) is 53.2 Å². The highest BCUT2D eigenvalue weighted by Crippen LogP contribution is 2.25. The first-order valence-corrected chi connectivity index (χ1v) is 7.02. The molecular weight excluding hydrogens is 266 g/mol. The van der Waals surface area contributed by atoms with Gasteiger partial charge in [-0.25, -0.2) is 4.79 Å². The quantitative estimate of drug-likeness (QED) is 0.855. The second kappa shape index (κ2) is 6.59. The number of hydrogen-bond donors (Lipinski definition) is 1. The number of methoxy groups -OCH3 is 1. The van der Waals surface area contributed by atoms with Crippen molar-refractivity contribution in [1.29, 1.82) is 0 Å². The second-order valence-corrected chi connectivity index (χ2v) is 5.24. The lowest BCUT2D eigenvalue weighted by molar-refractivity contribution is 0.0562. The van der Waals surface area contributed by atoms with E-state index >= 15 is 0 Å². The molecule has 1 N–H and O–H groups in total. The number of carbonyl (C=O) groups is 1. The lowest BCUT2D eigenvalue weighted by atomic mass is 9.98. The average molecular weight is 287 g/mol. The third-order valence-electron chi connectivity index (χ3n) is 3.52. The SMILES string of the molecule is CNC(c1ccc(C(C)C)cc1)c1ccc(C(=O)OC)o1. The molecule has 4 nitrogen and oxygen atoms in total. The lowest BCUT2D eigenvalue weighted by Gasteiger charge is -2.15. The van der Waals surface area contributed by atoms with Crippen molar-refractivity contribution in [3.8, 4) is 0 Å². The van der Waals surface area contributed by atoms with Gasteiger partial charge in [0.05, 0.1) is 13.2 Å². The Morgan fingerprint density at radius 2 is 1.71 bits per heavy atom. The summed E-state index contributed by atoms with van der Waals surface area (Å²) in [6.07, 6.45) is 0. The van der Waals surface area contributed by atoms with Crippen molar-refractivity contribution in [2.45, 2.75) is 25.8 Å². The predicted octanol–water partition coefficient (Wildman–Crippen LogP) is 3.50. The molecule has 0 aliphatic rings. The van der Waals surface area contributed by atoms with Crippen LogP contribution in [-0.2, 0) is 4.74 Å². The van der Waals surface area contributed by atoms with Crippen molar-refractivity contribution in [3.63, 3.8) is 0 Å². The second-order valence-electron chi connectivity index (χ2n) is 5.24. The van der Waals surface area contributed by atoms with E-state index in [9.17, 15) is 4.79 Å². The highest BCUT2D eigenvalue weighted by molar-refractivity contribution is 5.86. The van der Waals surface area contributed by atoms with Crippen LogP contribution < -0.4 is 5.32 Å². The van der Waals surface area contributed by atoms with Crippen molar-refractivity contribution in [1.82, 2.24) is 5.32 Å². The number of ether oxygens (including phenoxy) is 1. The van der Waals surface area contributed by atoms with E-state index in [4.69, 9.17) is 4.42 Å². The van der Waals surface area contributed by atoms with E-state index in [2.05, 4.69) is 48.2 Å². The minimum atomic E-state index is -0.466. The Morgan fingerprint density at radius 1 is 1.10 bits per heavy atom. The van der Waals surface area contributed by atoms with Gasteiger partial charge in [-0.3, -0.25) is 0 Å². The van der Waals surface area contributed by atoms with Crippen molar-refractivity contribution >= 4 is 5.97 Å². The van der Waals surface area contributed by atoms with Gasteiger partial charge in [-0.05, 0) is 36.2 Å². The Kier molecular flexibility index (Phi) is 4.81. The highest BCUT2D eigenvalue weighted by atomic mass is 16.5. The molecule has 1 heterocycles. The summed E-state index contributed by atoms with van der Waals surface area (Å²) in [6, 6.07) is 11.7. The summed E-state index contributed by atoms with van der Waals surface area (Å²) in [5.74, 6) is 0.939. The van der Waals surface area contributed by atoms with Crippen LogP contribution in [-0.4, -0.2) is 20.1 Å². The van der Waals surface area contributed by atoms with Crippen LogP contribution in [0, 0.1) is 0 Å². The maximum atomic E-state index is 11.5. The van der Waals surface area contributed by atoms with Gasteiger partial charge < -0.3 is 14.5 Å². The molecule has 4 heteroatoms. The van der Waals surface area contributed by atoms with Crippen LogP contribution in [0.25, 0.3) is 0 Å². The standard InChI is InChI=1S/C17H21NO3/c1-11(2)12-5-7-13(8-6-12)16(18-3)14-9-10-15(21-14)17(19)20-4/h5-11,16,18H,1-4H3. The van der Waals surface area contributed by atoms with E-state index in [1.165, 1.54) is 12.7 Å². The topological polar surface area (TPSA) is 51.5 Å². The third-order valence-corrected chi connectivity index (χ3v) is 3.52. The summed E-state index contributed by atoms with van der Waals surface area (Å²) in [5, 5.41) is 3.21. The molecule has 1 aromatic heterocycles. The van der Waals surface area contributed by atoms with Gasteiger partial charge in [0, 0.05) is 0 Å². The average Bonchev–Trinajstić information content (AvgIpc) is 2.97. The fraction of sp³-hybridized carbons (Fsp3) is 0.353. The van der Waals surface area contributed by atoms with Gasteiger partial charge in [0.25, 0.3) is 0 Å². The number of esters is 1. The zero-order valence-electron chi connectivity index (χ0n) is 12.8. The van der Waals surface area contributed by atoms with Crippen LogP contribution >= 0.6 is 0 Å². The maximum Gasteiger partial charge on any atom is 0.373 e. The van der Waals surface area contributed by atoms with E-state index in [1.54, 1.807) is 12.1 Å². The molecule has 112 valence electrons. The first-order valence-electron chi connectivity index (χ1n) is 7.02. The van der Waals surface area contributed by atoms with Crippen LogP contribution in [0.5, 0.6) is 0 Å². The van der Waals surface area contributed by atoms with Gasteiger partial charge in [0.15, 0.2) is 0 Å². The zero-order valence-corrected chi connectivity index (χ0v) is 12.8. The fourth-order valence-electron chi connectivity index (χ4n) is 2.26. The number of carbonyl (C=O) groups excluding carboxylic acids is 1. The molecule has 0 aliphatic carbocycles. The number of rotatable bonds is 5. The summed E-state index contributed by atoms with van der Waals surface area (Å²) < 4.78 is 10.2. The highest BCUT2D eigenvalue weighted by Gasteiger charge is 2.19. The Hall–Kier alpha value is -2.07. The normalized spacial score (nSPS) is 12.4. The van der Waals surface area contributed by atoms with Crippen LogP contribution in [0.3, 0.4) is 0 Å². The van der Waals surface area contributed by atoms with E-state index in [-0.39, 0.29) is 11.8 Å². The largest absolute Gasteiger partial charge is 0.463 e. The fourth-order valence-corrected chi connectivity index (χ4v) is 2.26. The van der Waals surface area contributed by atoms with Gasteiger partial charge in [-0.1, -0.05) is 38.1 Å². The predicted molar refractivity (Wildman–Crippen MR) is 81.5 cm³/mol. The summed E-state index contributed by atoms with van der Waals surface area (Å²) in [5.41, 5.74) is 2.39. The molecule has 1 aromatic carbocycles. The van der Waals surface area contributed by atoms with E-state index < -0.39 is 5.97 Å². The van der Waals surface area contributed by atoms with Crippen LogP contribution in [0.15, 0.2) is 40.8 Å². The summed E-state index contributed by atoms with van der Waals surface area (Å²) in [7, 11) is 3.20. The minimum Gasteiger partial charge on any atom is -0.463 e.